The zero-order valence-corrected chi connectivity index (χ0v) is 13.6. The summed E-state index contributed by atoms with van der Waals surface area (Å²) in [6, 6.07) is 0.0885. The smallest absolute Gasteiger partial charge is 0.214 e. The summed E-state index contributed by atoms with van der Waals surface area (Å²) in [5, 5.41) is 0. The predicted molar refractivity (Wildman–Crippen MR) is 77.9 cm³/mol. The molecule has 2 aliphatic rings. The van der Waals surface area contributed by atoms with Gasteiger partial charge in [0.05, 0.1) is 19.0 Å². The van der Waals surface area contributed by atoms with Crippen LogP contribution in [0.3, 0.4) is 0 Å². The van der Waals surface area contributed by atoms with Crippen LogP contribution in [0.15, 0.2) is 0 Å². The third-order valence-electron chi connectivity index (χ3n) is 4.44. The third-order valence-corrected chi connectivity index (χ3v) is 6.36. The van der Waals surface area contributed by atoms with E-state index in [1.54, 1.807) is 11.4 Å². The Morgan fingerprint density at radius 3 is 2.25 bits per heavy atom. The van der Waals surface area contributed by atoms with Gasteiger partial charge in [0.25, 0.3) is 0 Å². The standard InChI is InChI=1S/C14H27NO4S/c1-12(2)6-11-20(16,17)15(3)13-4-7-14(8-5-13)18-9-10-19-14/h12-13H,4-11H2,1-3H3. The molecular weight excluding hydrogens is 278 g/mol. The van der Waals surface area contributed by atoms with Gasteiger partial charge in [0.2, 0.25) is 10.0 Å². The molecule has 0 bridgehead atoms. The molecule has 0 aromatic heterocycles. The molecule has 2 rings (SSSR count). The van der Waals surface area contributed by atoms with Gasteiger partial charge in [0.1, 0.15) is 0 Å². The maximum atomic E-state index is 12.3. The molecule has 0 aromatic rings. The highest BCUT2D eigenvalue weighted by Gasteiger charge is 2.42. The Balaban J connectivity index is 1.89. The summed E-state index contributed by atoms with van der Waals surface area (Å²) >= 11 is 0. The Bertz CT molecular complexity index is 405. The van der Waals surface area contributed by atoms with Crippen molar-refractivity contribution in [2.75, 3.05) is 26.0 Å². The van der Waals surface area contributed by atoms with E-state index in [4.69, 9.17) is 9.47 Å². The minimum absolute atomic E-state index is 0.0885. The van der Waals surface area contributed by atoms with Crippen molar-refractivity contribution >= 4 is 10.0 Å². The van der Waals surface area contributed by atoms with E-state index in [0.29, 0.717) is 19.1 Å². The van der Waals surface area contributed by atoms with Crippen LogP contribution in [0.25, 0.3) is 0 Å². The van der Waals surface area contributed by atoms with Gasteiger partial charge in [-0.25, -0.2) is 12.7 Å². The van der Waals surface area contributed by atoms with Crippen LogP contribution in [0.5, 0.6) is 0 Å². The summed E-state index contributed by atoms with van der Waals surface area (Å²) < 4.78 is 37.6. The molecule has 0 radical (unpaired) electrons. The van der Waals surface area contributed by atoms with Crippen molar-refractivity contribution in [3.8, 4) is 0 Å². The second-order valence-corrected chi connectivity index (χ2v) is 8.50. The molecule has 5 nitrogen and oxygen atoms in total. The lowest BCUT2D eigenvalue weighted by Crippen LogP contribution is -2.45. The van der Waals surface area contributed by atoms with Crippen LogP contribution in [0.2, 0.25) is 0 Å². The first-order chi connectivity index (χ1) is 9.35. The summed E-state index contributed by atoms with van der Waals surface area (Å²) in [4.78, 5) is 0. The predicted octanol–water partition coefficient (Wildman–Crippen LogP) is 1.98. The van der Waals surface area contributed by atoms with Crippen molar-refractivity contribution in [1.29, 1.82) is 0 Å². The number of ether oxygens (including phenoxy) is 2. The first-order valence-corrected chi connectivity index (χ1v) is 9.19. The Morgan fingerprint density at radius 1 is 1.20 bits per heavy atom. The molecule has 1 aliphatic heterocycles. The maximum Gasteiger partial charge on any atom is 0.214 e. The molecule has 0 unspecified atom stereocenters. The van der Waals surface area contributed by atoms with Gasteiger partial charge in [-0.1, -0.05) is 13.8 Å². The van der Waals surface area contributed by atoms with Gasteiger partial charge in [-0.15, -0.1) is 0 Å². The maximum absolute atomic E-state index is 12.3. The van der Waals surface area contributed by atoms with Crippen LogP contribution in [-0.2, 0) is 19.5 Å². The van der Waals surface area contributed by atoms with Crippen molar-refractivity contribution in [2.45, 2.75) is 57.8 Å². The Labute approximate surface area is 122 Å². The summed E-state index contributed by atoms with van der Waals surface area (Å²) in [6.45, 7) is 5.42. The molecule has 1 aliphatic carbocycles. The lowest BCUT2D eigenvalue weighted by molar-refractivity contribution is -0.181. The number of nitrogens with zero attached hydrogens (tertiary/aromatic N) is 1. The van der Waals surface area contributed by atoms with Gasteiger partial charge in [0, 0.05) is 25.9 Å². The summed E-state index contributed by atoms with van der Waals surface area (Å²) in [5.41, 5.74) is 0. The fraction of sp³-hybridized carbons (Fsp3) is 1.00. The highest BCUT2D eigenvalue weighted by Crippen LogP contribution is 2.37. The quantitative estimate of drug-likeness (QED) is 0.779. The zero-order valence-electron chi connectivity index (χ0n) is 12.8. The van der Waals surface area contributed by atoms with Crippen molar-refractivity contribution in [2.24, 2.45) is 5.92 Å². The van der Waals surface area contributed by atoms with Gasteiger partial charge in [-0.2, -0.15) is 0 Å². The first-order valence-electron chi connectivity index (χ1n) is 7.58. The third kappa shape index (κ3) is 3.72. The fourth-order valence-corrected chi connectivity index (χ4v) is 4.67. The normalized spacial score (nSPS) is 24.1. The molecule has 1 heterocycles. The summed E-state index contributed by atoms with van der Waals surface area (Å²) in [6.07, 6.45) is 3.94. The second-order valence-electron chi connectivity index (χ2n) is 6.35. The number of sulfonamides is 1. The molecule has 0 aromatic carbocycles. The lowest BCUT2D eigenvalue weighted by Gasteiger charge is -2.38. The van der Waals surface area contributed by atoms with Crippen LogP contribution in [-0.4, -0.2) is 50.6 Å². The molecule has 0 atom stereocenters. The number of rotatable bonds is 5. The van der Waals surface area contributed by atoms with E-state index in [-0.39, 0.29) is 11.8 Å². The molecule has 118 valence electrons. The molecule has 2 fully saturated rings. The van der Waals surface area contributed by atoms with Crippen LogP contribution in [0.4, 0.5) is 0 Å². The first kappa shape index (κ1) is 16.2. The van der Waals surface area contributed by atoms with Crippen molar-refractivity contribution in [3.63, 3.8) is 0 Å². The van der Waals surface area contributed by atoms with Crippen molar-refractivity contribution < 1.29 is 17.9 Å². The van der Waals surface area contributed by atoms with Crippen LogP contribution >= 0.6 is 0 Å². The van der Waals surface area contributed by atoms with E-state index >= 15 is 0 Å². The van der Waals surface area contributed by atoms with Gasteiger partial charge >= 0.3 is 0 Å². The van der Waals surface area contributed by atoms with E-state index in [0.717, 1.165) is 32.1 Å². The molecule has 0 amide bonds. The largest absolute Gasteiger partial charge is 0.348 e. The van der Waals surface area contributed by atoms with E-state index < -0.39 is 15.8 Å². The molecular formula is C14H27NO4S. The number of hydrogen-bond donors (Lipinski definition) is 0. The van der Waals surface area contributed by atoms with E-state index in [1.165, 1.54) is 0 Å². The van der Waals surface area contributed by atoms with Crippen LogP contribution in [0, 0.1) is 5.92 Å². The van der Waals surface area contributed by atoms with Crippen LogP contribution in [0.1, 0.15) is 46.0 Å². The second kappa shape index (κ2) is 6.30. The van der Waals surface area contributed by atoms with Gasteiger partial charge in [-0.05, 0) is 25.2 Å². The average Bonchev–Trinajstić information content (AvgIpc) is 2.85. The average molecular weight is 305 g/mol. The minimum atomic E-state index is -3.14. The van der Waals surface area contributed by atoms with E-state index in [9.17, 15) is 8.42 Å². The Kier molecular flexibility index (Phi) is 5.10. The molecule has 1 saturated carbocycles. The van der Waals surface area contributed by atoms with Crippen molar-refractivity contribution in [1.82, 2.24) is 4.31 Å². The van der Waals surface area contributed by atoms with Gasteiger partial charge < -0.3 is 9.47 Å². The molecule has 20 heavy (non-hydrogen) atoms. The van der Waals surface area contributed by atoms with E-state index in [1.807, 2.05) is 0 Å². The topological polar surface area (TPSA) is 55.8 Å². The highest BCUT2D eigenvalue weighted by molar-refractivity contribution is 7.89. The van der Waals surface area contributed by atoms with Crippen LogP contribution < -0.4 is 0 Å². The summed E-state index contributed by atoms with van der Waals surface area (Å²) in [5.74, 6) is 0.238. The highest BCUT2D eigenvalue weighted by atomic mass is 32.2. The molecule has 1 saturated heterocycles. The Hall–Kier alpha value is -0.170. The zero-order chi connectivity index (χ0) is 14.8. The van der Waals surface area contributed by atoms with E-state index in [2.05, 4.69) is 13.8 Å². The molecule has 1 spiro atoms. The van der Waals surface area contributed by atoms with Crippen molar-refractivity contribution in [3.05, 3.63) is 0 Å². The SMILES string of the molecule is CC(C)CCS(=O)(=O)N(C)C1CCC2(CC1)OCCO2. The molecule has 0 N–H and O–H groups in total. The van der Waals surface area contributed by atoms with Gasteiger partial charge in [0.15, 0.2) is 5.79 Å². The number of hydrogen-bond acceptors (Lipinski definition) is 4. The minimum Gasteiger partial charge on any atom is -0.348 e. The Morgan fingerprint density at radius 2 is 1.75 bits per heavy atom. The molecule has 6 heteroatoms. The van der Waals surface area contributed by atoms with Gasteiger partial charge in [-0.3, -0.25) is 0 Å². The lowest BCUT2D eigenvalue weighted by atomic mass is 9.90. The monoisotopic (exact) mass is 305 g/mol. The fourth-order valence-electron chi connectivity index (χ4n) is 2.95. The summed E-state index contributed by atoms with van der Waals surface area (Å²) in [7, 11) is -1.42.